The molecule has 1 atom stereocenters. The van der Waals surface area contributed by atoms with Crippen LogP contribution in [-0.2, 0) is 6.54 Å². The van der Waals surface area contributed by atoms with Crippen LogP contribution in [0.2, 0.25) is 10.0 Å². The molecule has 2 aromatic carbocycles. The predicted molar refractivity (Wildman–Crippen MR) is 156 cm³/mol. The molecule has 0 saturated carbocycles. The molecule has 5 aromatic rings. The first-order valence-corrected chi connectivity index (χ1v) is 13.9. The summed E-state index contributed by atoms with van der Waals surface area (Å²) < 4.78 is 4.09. The van der Waals surface area contributed by atoms with Gasteiger partial charge < -0.3 is 14.4 Å². The number of likely N-dealkylation sites (N-methyl/N-ethyl adjacent to an activating group) is 1. The molecule has 9 nitrogen and oxygen atoms in total. The summed E-state index contributed by atoms with van der Waals surface area (Å²) in [6.07, 6.45) is 3.61. The summed E-state index contributed by atoms with van der Waals surface area (Å²) in [7, 11) is 4.14. The van der Waals surface area contributed by atoms with Gasteiger partial charge in [-0.1, -0.05) is 47.5 Å². The van der Waals surface area contributed by atoms with Crippen LogP contribution in [0.15, 0.2) is 61.2 Å². The Kier molecular flexibility index (Phi) is 7.16. The maximum Gasteiger partial charge on any atom is 0.258 e. The van der Waals surface area contributed by atoms with Crippen molar-refractivity contribution in [3.8, 4) is 0 Å². The molecule has 0 N–H and O–H groups in total. The predicted octanol–water partition coefficient (Wildman–Crippen LogP) is 4.64. The normalized spacial score (nSPS) is 16.8. The van der Waals surface area contributed by atoms with Crippen molar-refractivity contribution in [3.63, 3.8) is 0 Å². The fourth-order valence-electron chi connectivity index (χ4n) is 5.50. The van der Waals surface area contributed by atoms with Crippen LogP contribution in [0.25, 0.3) is 16.9 Å². The number of rotatable bonds is 7. The van der Waals surface area contributed by atoms with Gasteiger partial charge in [0.1, 0.15) is 11.8 Å². The fourth-order valence-corrected chi connectivity index (χ4v) is 5.75. The molecule has 1 fully saturated rings. The van der Waals surface area contributed by atoms with Crippen LogP contribution in [-0.4, -0.2) is 85.2 Å². The molecule has 0 radical (unpaired) electrons. The molecule has 0 aliphatic carbocycles. The van der Waals surface area contributed by atoms with Crippen LogP contribution in [0, 0.1) is 0 Å². The molecule has 1 unspecified atom stereocenters. The van der Waals surface area contributed by atoms with Gasteiger partial charge in [0.05, 0.1) is 12.4 Å². The molecule has 1 saturated heterocycles. The second kappa shape index (κ2) is 10.7. The van der Waals surface area contributed by atoms with Gasteiger partial charge in [-0.2, -0.15) is 4.98 Å². The smallest absolute Gasteiger partial charge is 0.258 e. The maximum absolute atomic E-state index is 6.23. The van der Waals surface area contributed by atoms with Crippen molar-refractivity contribution < 1.29 is 0 Å². The van der Waals surface area contributed by atoms with Crippen molar-refractivity contribution in [1.82, 2.24) is 38.9 Å². The van der Waals surface area contributed by atoms with E-state index in [4.69, 9.17) is 33.2 Å². The highest BCUT2D eigenvalue weighted by atomic mass is 35.5. The first-order valence-electron chi connectivity index (χ1n) is 13.1. The summed E-state index contributed by atoms with van der Waals surface area (Å²) in [5.41, 5.74) is 4.24. The lowest BCUT2D eigenvalue weighted by atomic mass is 9.95. The van der Waals surface area contributed by atoms with E-state index in [1.165, 1.54) is 11.1 Å². The quantitative estimate of drug-likeness (QED) is 0.285. The molecular weight excluding hydrogens is 533 g/mol. The number of halogens is 2. The second-order valence-electron chi connectivity index (χ2n) is 10.4. The van der Waals surface area contributed by atoms with E-state index in [0.29, 0.717) is 5.78 Å². The summed E-state index contributed by atoms with van der Waals surface area (Å²) in [6.45, 7) is 6.46. The molecule has 6 rings (SSSR count). The lowest BCUT2D eigenvalue weighted by Gasteiger charge is -2.44. The van der Waals surface area contributed by atoms with E-state index in [0.717, 1.165) is 59.8 Å². The van der Waals surface area contributed by atoms with E-state index in [-0.39, 0.29) is 12.1 Å². The molecular formula is C28H31Cl2N9. The Bertz CT molecular complexity index is 1530. The lowest BCUT2D eigenvalue weighted by Crippen LogP contribution is -2.53. The van der Waals surface area contributed by atoms with E-state index in [9.17, 15) is 0 Å². The van der Waals surface area contributed by atoms with Gasteiger partial charge in [-0.15, -0.1) is 10.2 Å². The SMILES string of the molecule is CC1CN(C(c2ccc(Cl)cc2)c2ccc(Cl)cc2)CCN1c1nc2nncn2c2c1ncn2CCN(C)C. The van der Waals surface area contributed by atoms with Crippen LogP contribution < -0.4 is 4.90 Å². The number of hydrogen-bond donors (Lipinski definition) is 0. The number of fused-ring (bicyclic) bond motifs is 3. The number of benzene rings is 2. The molecule has 0 amide bonds. The molecule has 1 aliphatic heterocycles. The number of anilines is 1. The zero-order valence-electron chi connectivity index (χ0n) is 22.2. The Labute approximate surface area is 237 Å². The van der Waals surface area contributed by atoms with Crippen molar-refractivity contribution in [1.29, 1.82) is 0 Å². The van der Waals surface area contributed by atoms with Gasteiger partial charge in [0.25, 0.3) is 5.78 Å². The highest BCUT2D eigenvalue weighted by molar-refractivity contribution is 6.30. The van der Waals surface area contributed by atoms with Gasteiger partial charge in [0, 0.05) is 48.8 Å². The Morgan fingerprint density at radius 2 is 1.62 bits per heavy atom. The minimum atomic E-state index is 0.0846. The third kappa shape index (κ3) is 5.07. The van der Waals surface area contributed by atoms with E-state index in [1.54, 1.807) is 6.33 Å². The van der Waals surface area contributed by atoms with Gasteiger partial charge in [0.2, 0.25) is 0 Å². The Hall–Kier alpha value is -3.24. The highest BCUT2D eigenvalue weighted by Gasteiger charge is 2.33. The Morgan fingerprint density at radius 3 is 2.23 bits per heavy atom. The third-order valence-electron chi connectivity index (χ3n) is 7.44. The monoisotopic (exact) mass is 563 g/mol. The summed E-state index contributed by atoms with van der Waals surface area (Å²) in [5.74, 6) is 1.44. The van der Waals surface area contributed by atoms with Crippen LogP contribution in [0.3, 0.4) is 0 Å². The van der Waals surface area contributed by atoms with Crippen molar-refractivity contribution in [2.24, 2.45) is 0 Å². The minimum absolute atomic E-state index is 0.0846. The van der Waals surface area contributed by atoms with Gasteiger partial charge in [-0.25, -0.2) is 9.38 Å². The average molecular weight is 565 g/mol. The fraction of sp³-hybridized carbons (Fsp3) is 0.357. The zero-order chi connectivity index (χ0) is 27.1. The summed E-state index contributed by atoms with van der Waals surface area (Å²) in [4.78, 5) is 16.8. The highest BCUT2D eigenvalue weighted by Crippen LogP contribution is 2.34. The maximum atomic E-state index is 6.23. The first kappa shape index (κ1) is 26.0. The summed E-state index contributed by atoms with van der Waals surface area (Å²) in [6, 6.07) is 16.6. The zero-order valence-corrected chi connectivity index (χ0v) is 23.8. The molecule has 1 aliphatic rings. The second-order valence-corrected chi connectivity index (χ2v) is 11.3. The van der Waals surface area contributed by atoms with Crippen molar-refractivity contribution >= 4 is 46.0 Å². The van der Waals surface area contributed by atoms with Crippen molar-refractivity contribution in [2.75, 3.05) is 45.2 Å². The number of imidazole rings is 1. The Morgan fingerprint density at radius 1 is 0.949 bits per heavy atom. The molecule has 4 heterocycles. The molecule has 0 spiro atoms. The number of aromatic nitrogens is 6. The molecule has 202 valence electrons. The van der Waals surface area contributed by atoms with Crippen LogP contribution >= 0.6 is 23.2 Å². The van der Waals surface area contributed by atoms with E-state index < -0.39 is 0 Å². The largest absolute Gasteiger partial charge is 0.349 e. The average Bonchev–Trinajstić information content (AvgIpc) is 3.56. The Balaban J connectivity index is 1.33. The van der Waals surface area contributed by atoms with Gasteiger partial charge >= 0.3 is 0 Å². The summed E-state index contributed by atoms with van der Waals surface area (Å²) >= 11 is 12.5. The molecule has 0 bridgehead atoms. The van der Waals surface area contributed by atoms with Crippen LogP contribution in [0.4, 0.5) is 5.82 Å². The van der Waals surface area contributed by atoms with Crippen molar-refractivity contribution in [3.05, 3.63) is 82.4 Å². The van der Waals surface area contributed by atoms with Gasteiger partial charge in [-0.05, 0) is 56.4 Å². The first-order chi connectivity index (χ1) is 18.9. The van der Waals surface area contributed by atoms with E-state index in [1.807, 2.05) is 35.0 Å². The van der Waals surface area contributed by atoms with Crippen molar-refractivity contribution in [2.45, 2.75) is 25.6 Å². The van der Waals surface area contributed by atoms with Gasteiger partial charge in [-0.3, -0.25) is 4.90 Å². The topological polar surface area (TPSA) is 70.6 Å². The molecule has 11 heteroatoms. The minimum Gasteiger partial charge on any atom is -0.349 e. The molecule has 39 heavy (non-hydrogen) atoms. The van der Waals surface area contributed by atoms with E-state index in [2.05, 4.69) is 74.7 Å². The van der Waals surface area contributed by atoms with Gasteiger partial charge in [0.15, 0.2) is 11.5 Å². The number of nitrogens with zero attached hydrogens (tertiary/aromatic N) is 9. The molecule has 3 aromatic heterocycles. The number of piperazine rings is 1. The third-order valence-corrected chi connectivity index (χ3v) is 7.95. The standard InChI is InChI=1S/C28H31Cl2N9/c1-19-16-36(25(20-4-8-22(29)9-5-20)21-6-10-23(30)11-7-21)14-15-38(19)26-24-27(39-18-32-34-28(39)33-26)37(17-31-24)13-12-35(2)3/h4-11,17-19,25H,12-16H2,1-3H3. The van der Waals surface area contributed by atoms with E-state index >= 15 is 0 Å². The lowest BCUT2D eigenvalue weighted by molar-refractivity contribution is 0.187. The number of hydrogen-bond acceptors (Lipinski definition) is 7. The van der Waals surface area contributed by atoms with Crippen LogP contribution in [0.1, 0.15) is 24.1 Å². The van der Waals surface area contributed by atoms with Crippen LogP contribution in [0.5, 0.6) is 0 Å². The summed E-state index contributed by atoms with van der Waals surface area (Å²) in [5, 5.41) is 9.90.